The van der Waals surface area contributed by atoms with Crippen molar-refractivity contribution in [3.63, 3.8) is 0 Å². The lowest BCUT2D eigenvalue weighted by Gasteiger charge is -2.24. The van der Waals surface area contributed by atoms with Gasteiger partial charge in [0.1, 0.15) is 30.1 Å². The van der Waals surface area contributed by atoms with E-state index in [1.807, 2.05) is 0 Å². The van der Waals surface area contributed by atoms with Gasteiger partial charge in [-0.15, -0.1) is 0 Å². The van der Waals surface area contributed by atoms with E-state index in [1.54, 1.807) is 39.8 Å². The average Bonchev–Trinajstić information content (AvgIpc) is 3.23. The maximum atomic E-state index is 13.3. The number of hydrogen-bond donors (Lipinski definition) is 5. The first-order valence-corrected chi connectivity index (χ1v) is 22.0. The van der Waals surface area contributed by atoms with Gasteiger partial charge in [0.05, 0.1) is 51.5 Å². The van der Waals surface area contributed by atoms with Crippen LogP contribution in [0.1, 0.15) is 66.9 Å². The van der Waals surface area contributed by atoms with Crippen LogP contribution in [0.5, 0.6) is 5.75 Å². The van der Waals surface area contributed by atoms with Gasteiger partial charge in [-0.2, -0.15) is 4.98 Å². The molecule has 1 amide bonds. The first kappa shape index (κ1) is 49.0. The van der Waals surface area contributed by atoms with Gasteiger partial charge >= 0.3 is 33.6 Å². The molecule has 62 heavy (non-hydrogen) atoms. The van der Waals surface area contributed by atoms with E-state index in [1.165, 1.54) is 42.6 Å². The lowest BCUT2D eigenvalue weighted by atomic mass is 10.1. The molecule has 0 saturated carbocycles. The number of aromatic amines is 1. The number of nitrogen functional groups attached to an aromatic ring is 1. The summed E-state index contributed by atoms with van der Waals surface area (Å²) in [5.41, 5.74) is 5.99. The van der Waals surface area contributed by atoms with Crippen molar-refractivity contribution in [1.29, 1.82) is 0 Å². The number of H-pyrrole nitrogens is 1. The Morgan fingerprint density at radius 1 is 0.855 bits per heavy atom. The standard InChI is InChI=1S/C37H47N7O16P2/c1-5-54-61(51,55-6-2)58-22-26(60-62(52,56-7-3)57-8-4)21-53-36(50)27-11-9-10-12-29(27)59-30(45)18-17-28(35(48)49)42-33(46)23-13-15-24(16-14-23)39-19-25-20-40-32-31(41-25)34(47)44-37(38)43-32/h9-16,20,26,28,39H,5-8,17-19,21-22H2,1-4H3,(H,42,46)(H,48,49)(H3,38,40,43,44,47). The van der Waals surface area contributed by atoms with Gasteiger partial charge in [0.25, 0.3) is 11.5 Å². The monoisotopic (exact) mass is 907 g/mol. The molecule has 2 heterocycles. The van der Waals surface area contributed by atoms with Crippen LogP contribution in [-0.2, 0) is 57.1 Å². The highest BCUT2D eigenvalue weighted by atomic mass is 31.2. The van der Waals surface area contributed by atoms with Crippen LogP contribution >= 0.6 is 15.6 Å². The number of amides is 1. The fourth-order valence-corrected chi connectivity index (χ4v) is 7.72. The Labute approximate surface area is 354 Å². The quantitative estimate of drug-likeness (QED) is 0.0331. The van der Waals surface area contributed by atoms with Gasteiger partial charge < -0.3 is 30.9 Å². The Hall–Kier alpha value is -5.64. The summed E-state index contributed by atoms with van der Waals surface area (Å²) in [5.74, 6) is -4.44. The van der Waals surface area contributed by atoms with Crippen molar-refractivity contribution in [2.75, 3.05) is 50.7 Å². The van der Waals surface area contributed by atoms with Crippen LogP contribution in [0.2, 0.25) is 0 Å². The Morgan fingerprint density at radius 3 is 2.15 bits per heavy atom. The largest absolute Gasteiger partial charge is 0.480 e. The summed E-state index contributed by atoms with van der Waals surface area (Å²) in [5, 5.41) is 15.3. The first-order chi connectivity index (χ1) is 29.6. The normalized spacial score (nSPS) is 12.6. The van der Waals surface area contributed by atoms with Crippen LogP contribution in [0.3, 0.4) is 0 Å². The molecule has 2 aromatic carbocycles. The van der Waals surface area contributed by atoms with Crippen LogP contribution in [-0.4, -0.2) is 101 Å². The number of nitrogens with two attached hydrogens (primary N) is 1. The molecule has 0 aliphatic carbocycles. The van der Waals surface area contributed by atoms with E-state index in [9.17, 15) is 38.2 Å². The number of para-hydroxylation sites is 1. The third-order valence-corrected chi connectivity index (χ3v) is 11.2. The lowest BCUT2D eigenvalue weighted by molar-refractivity contribution is -0.140. The molecule has 0 bridgehead atoms. The van der Waals surface area contributed by atoms with Gasteiger partial charge in [-0.05, 0) is 70.5 Å². The van der Waals surface area contributed by atoms with Gasteiger partial charge in [0.15, 0.2) is 11.2 Å². The second-order valence-electron chi connectivity index (χ2n) is 12.5. The van der Waals surface area contributed by atoms with Crippen molar-refractivity contribution >= 4 is 62.3 Å². The van der Waals surface area contributed by atoms with Crippen LogP contribution in [0.4, 0.5) is 11.6 Å². The highest BCUT2D eigenvalue weighted by Gasteiger charge is 2.35. The number of aliphatic carboxylic acids is 1. The number of benzene rings is 2. The predicted molar refractivity (Wildman–Crippen MR) is 219 cm³/mol. The molecule has 0 aliphatic heterocycles. The zero-order chi connectivity index (χ0) is 45.3. The van der Waals surface area contributed by atoms with Crippen LogP contribution in [0.25, 0.3) is 11.2 Å². The Balaban J connectivity index is 1.33. The van der Waals surface area contributed by atoms with E-state index in [0.717, 1.165) is 0 Å². The molecule has 4 aromatic rings. The topological polar surface area (TPSA) is 318 Å². The second-order valence-corrected chi connectivity index (χ2v) is 15.8. The number of phosphoric ester groups is 2. The van der Waals surface area contributed by atoms with Gasteiger partial charge in [0, 0.05) is 17.7 Å². The molecular weight excluding hydrogens is 860 g/mol. The van der Waals surface area contributed by atoms with Crippen LogP contribution in [0, 0.1) is 0 Å². The average molecular weight is 908 g/mol. The first-order valence-electron chi connectivity index (χ1n) is 19.1. The van der Waals surface area contributed by atoms with E-state index < -0.39 is 76.8 Å². The number of carbonyl (C=O) groups is 4. The Morgan fingerprint density at radius 2 is 1.50 bits per heavy atom. The zero-order valence-corrected chi connectivity index (χ0v) is 35.9. The van der Waals surface area contributed by atoms with Crippen LogP contribution in [0.15, 0.2) is 59.5 Å². The SMILES string of the molecule is CCOP(=O)(OCC)OCC(COC(=O)c1ccccc1OC(=O)CCC(NC(=O)c1ccc(NCc2cnc3nc(N)[nH]c(=O)c3n2)cc1)C(=O)O)OP(=O)(OCC)OCC. The molecule has 336 valence electrons. The molecule has 0 fully saturated rings. The number of aromatic nitrogens is 4. The van der Waals surface area contributed by atoms with Crippen molar-refractivity contribution in [3.8, 4) is 5.75 Å². The van der Waals surface area contributed by atoms with Crippen molar-refractivity contribution in [3.05, 3.63) is 81.9 Å². The molecular formula is C37H47N7O16P2. The molecule has 23 nitrogen and oxygen atoms in total. The minimum Gasteiger partial charge on any atom is -0.480 e. The summed E-state index contributed by atoms with van der Waals surface area (Å²) in [4.78, 5) is 78.0. The fraction of sp³-hybridized carbons (Fsp3) is 0.405. The molecule has 0 radical (unpaired) electrons. The molecule has 2 aromatic heterocycles. The van der Waals surface area contributed by atoms with E-state index in [2.05, 4.69) is 30.6 Å². The summed E-state index contributed by atoms with van der Waals surface area (Å²) in [6.45, 7) is 4.91. The summed E-state index contributed by atoms with van der Waals surface area (Å²) >= 11 is 0. The zero-order valence-electron chi connectivity index (χ0n) is 34.1. The van der Waals surface area contributed by atoms with E-state index in [-0.39, 0.29) is 73.4 Å². The molecule has 0 aliphatic rings. The Bertz CT molecular complexity index is 2310. The minimum absolute atomic E-state index is 0.0141. The van der Waals surface area contributed by atoms with Gasteiger partial charge in [0.2, 0.25) is 5.95 Å². The third kappa shape index (κ3) is 14.8. The molecule has 4 rings (SSSR count). The summed E-state index contributed by atoms with van der Waals surface area (Å²) in [6.07, 6.45) is -0.840. The number of esters is 2. The van der Waals surface area contributed by atoms with Gasteiger partial charge in [-0.25, -0.2) is 28.7 Å². The molecule has 2 atom stereocenters. The van der Waals surface area contributed by atoms with Crippen molar-refractivity contribution in [2.24, 2.45) is 0 Å². The number of rotatable bonds is 26. The minimum atomic E-state index is -4.22. The third-order valence-electron chi connectivity index (χ3n) is 7.92. The maximum Gasteiger partial charge on any atom is 0.475 e. The smallest absolute Gasteiger partial charge is 0.475 e. The summed E-state index contributed by atoms with van der Waals surface area (Å²) in [7, 11) is -8.31. The number of carboxylic acid groups (broad SMARTS) is 1. The Kier molecular flexibility index (Phi) is 18.6. The van der Waals surface area contributed by atoms with Crippen molar-refractivity contribution in [2.45, 2.75) is 59.2 Å². The summed E-state index contributed by atoms with van der Waals surface area (Å²) < 4.78 is 68.3. The van der Waals surface area contributed by atoms with Gasteiger partial charge in [-0.3, -0.25) is 46.5 Å². The number of ether oxygens (including phenoxy) is 2. The molecule has 0 spiro atoms. The number of fused-ring (bicyclic) bond motifs is 1. The number of nitrogens with one attached hydrogen (secondary N) is 3. The number of carboxylic acids is 1. The fourth-order valence-electron chi connectivity index (χ4n) is 5.20. The molecule has 6 N–H and O–H groups in total. The van der Waals surface area contributed by atoms with E-state index in [0.29, 0.717) is 11.4 Å². The number of phosphoric acid groups is 2. The van der Waals surface area contributed by atoms with Gasteiger partial charge in [-0.1, -0.05) is 12.1 Å². The lowest BCUT2D eigenvalue weighted by Crippen LogP contribution is -2.41. The van der Waals surface area contributed by atoms with Crippen LogP contribution < -0.4 is 26.7 Å². The molecule has 25 heteroatoms. The predicted octanol–water partition coefficient (Wildman–Crippen LogP) is 4.40. The highest BCUT2D eigenvalue weighted by Crippen LogP contribution is 2.52. The summed E-state index contributed by atoms with van der Waals surface area (Å²) in [6, 6.07) is 10.0. The number of carbonyl (C=O) groups excluding carboxylic acids is 3. The number of nitrogens with zero attached hydrogens (tertiary/aromatic N) is 3. The number of hydrogen-bond acceptors (Lipinski definition) is 20. The molecule has 2 unspecified atom stereocenters. The van der Waals surface area contributed by atoms with Crippen molar-refractivity contribution < 1.29 is 70.0 Å². The maximum absolute atomic E-state index is 13.3. The van der Waals surface area contributed by atoms with E-state index >= 15 is 0 Å². The van der Waals surface area contributed by atoms with Crippen molar-refractivity contribution in [1.82, 2.24) is 25.3 Å². The molecule has 0 saturated heterocycles. The number of anilines is 2. The highest BCUT2D eigenvalue weighted by molar-refractivity contribution is 7.48. The second kappa shape index (κ2) is 23.5. The van der Waals surface area contributed by atoms with E-state index in [4.69, 9.17) is 42.3 Å².